The number of imide groups is 1. The number of amides is 3. The van der Waals surface area contributed by atoms with Crippen LogP contribution < -0.4 is 10.2 Å². The molecular weight excluding hydrogens is 386 g/mol. The van der Waals surface area contributed by atoms with Crippen molar-refractivity contribution in [2.45, 2.75) is 45.2 Å². The Morgan fingerprint density at radius 3 is 2.73 bits per heavy atom. The van der Waals surface area contributed by atoms with E-state index >= 15 is 0 Å². The minimum atomic E-state index is -0.732. The van der Waals surface area contributed by atoms with Gasteiger partial charge in [-0.15, -0.1) is 0 Å². The first-order valence-corrected chi connectivity index (χ1v) is 10.5. The lowest BCUT2D eigenvalue weighted by Gasteiger charge is -2.46. The molecule has 9 nitrogen and oxygen atoms in total. The van der Waals surface area contributed by atoms with Crippen molar-refractivity contribution >= 4 is 23.7 Å². The van der Waals surface area contributed by atoms with Crippen LogP contribution in [0.2, 0.25) is 0 Å². The van der Waals surface area contributed by atoms with Crippen LogP contribution >= 0.6 is 0 Å². The molecule has 1 atom stereocenters. The molecule has 0 saturated carbocycles. The molecule has 0 radical (unpaired) electrons. The Morgan fingerprint density at radius 2 is 2.10 bits per heavy atom. The van der Waals surface area contributed by atoms with Gasteiger partial charge in [0.05, 0.1) is 6.04 Å². The fourth-order valence-corrected chi connectivity index (χ4v) is 3.81. The van der Waals surface area contributed by atoms with Crippen LogP contribution in [-0.2, 0) is 16.1 Å². The number of hydrogen-bond acceptors (Lipinski definition) is 6. The average molecular weight is 418 g/mol. The molecule has 2 aliphatic rings. The predicted molar refractivity (Wildman–Crippen MR) is 112 cm³/mol. The summed E-state index contributed by atoms with van der Waals surface area (Å²) >= 11 is 0. The number of carboxylic acid groups (broad SMARTS) is 1. The third kappa shape index (κ3) is 5.91. The number of urea groups is 1. The molecule has 164 valence electrons. The highest BCUT2D eigenvalue weighted by molar-refractivity contribution is 5.96. The smallest absolute Gasteiger partial charge is 0.324 e. The Hall–Kier alpha value is -2.68. The van der Waals surface area contributed by atoms with Crippen LogP contribution in [0.4, 0.5) is 10.6 Å². The summed E-state index contributed by atoms with van der Waals surface area (Å²) in [5.74, 6) is 0.352. The monoisotopic (exact) mass is 417 g/mol. The molecule has 2 N–H and O–H groups in total. The van der Waals surface area contributed by atoms with E-state index in [9.17, 15) is 14.4 Å². The van der Waals surface area contributed by atoms with Gasteiger partial charge in [-0.1, -0.05) is 13.0 Å². The third-order valence-electron chi connectivity index (χ3n) is 5.83. The second kappa shape index (κ2) is 9.88. The fourth-order valence-electron chi connectivity index (χ4n) is 3.81. The van der Waals surface area contributed by atoms with Gasteiger partial charge in [-0.3, -0.25) is 14.9 Å². The first-order valence-electron chi connectivity index (χ1n) is 10.5. The maximum atomic E-state index is 11.9. The second-order valence-electron chi connectivity index (χ2n) is 8.44. The van der Waals surface area contributed by atoms with Crippen molar-refractivity contribution < 1.29 is 19.5 Å². The summed E-state index contributed by atoms with van der Waals surface area (Å²) in [7, 11) is 2.06. The zero-order valence-electron chi connectivity index (χ0n) is 17.7. The van der Waals surface area contributed by atoms with Gasteiger partial charge < -0.3 is 19.8 Å². The van der Waals surface area contributed by atoms with Crippen LogP contribution in [-0.4, -0.2) is 77.1 Å². The van der Waals surface area contributed by atoms with Crippen LogP contribution in [0.5, 0.6) is 0 Å². The summed E-state index contributed by atoms with van der Waals surface area (Å²) in [6, 6.07) is 3.91. The van der Waals surface area contributed by atoms with Crippen LogP contribution in [0.3, 0.4) is 0 Å². The molecule has 1 aromatic heterocycles. The molecule has 0 bridgehead atoms. The summed E-state index contributed by atoms with van der Waals surface area (Å²) < 4.78 is 0. The number of pyridine rings is 1. The number of nitrogens with one attached hydrogen (secondary N) is 1. The molecule has 0 aliphatic carbocycles. The number of aromatic nitrogens is 1. The Labute approximate surface area is 177 Å². The largest absolute Gasteiger partial charge is 0.481 e. The minimum absolute atomic E-state index is 0.119. The normalized spacial score (nSPS) is 18.4. The number of carbonyl (C=O) groups excluding carboxylic acids is 2. The van der Waals surface area contributed by atoms with Gasteiger partial charge in [0, 0.05) is 45.2 Å². The molecule has 1 aromatic rings. The van der Waals surface area contributed by atoms with E-state index in [1.54, 1.807) is 4.90 Å². The van der Waals surface area contributed by atoms with Crippen molar-refractivity contribution in [2.24, 2.45) is 5.92 Å². The van der Waals surface area contributed by atoms with Gasteiger partial charge in [0.1, 0.15) is 5.82 Å². The number of carbonyl (C=O) groups is 3. The molecule has 9 heteroatoms. The van der Waals surface area contributed by atoms with Crippen molar-refractivity contribution in [1.82, 2.24) is 20.1 Å². The summed E-state index contributed by atoms with van der Waals surface area (Å²) in [4.78, 5) is 44.5. The van der Waals surface area contributed by atoms with Crippen molar-refractivity contribution in [1.29, 1.82) is 0 Å². The third-order valence-corrected chi connectivity index (χ3v) is 5.83. The van der Waals surface area contributed by atoms with E-state index in [1.807, 2.05) is 12.3 Å². The highest BCUT2D eigenvalue weighted by Gasteiger charge is 2.37. The van der Waals surface area contributed by atoms with Gasteiger partial charge >= 0.3 is 12.0 Å². The summed E-state index contributed by atoms with van der Waals surface area (Å²) in [6.45, 7) is 5.74. The van der Waals surface area contributed by atoms with Crippen LogP contribution in [0.15, 0.2) is 18.3 Å². The predicted octanol–water partition coefficient (Wildman–Crippen LogP) is 1.53. The Balaban J connectivity index is 1.40. The van der Waals surface area contributed by atoms with Crippen molar-refractivity contribution in [3.05, 3.63) is 23.9 Å². The molecular formula is C21H31N5O4. The van der Waals surface area contributed by atoms with E-state index in [-0.39, 0.29) is 24.4 Å². The second-order valence-corrected chi connectivity index (χ2v) is 8.44. The van der Waals surface area contributed by atoms with Crippen LogP contribution in [0.1, 0.15) is 38.2 Å². The molecule has 2 saturated heterocycles. The minimum Gasteiger partial charge on any atom is -0.481 e. The Bertz CT molecular complexity index is 763. The quantitative estimate of drug-likeness (QED) is 0.595. The Morgan fingerprint density at radius 1 is 1.33 bits per heavy atom. The van der Waals surface area contributed by atoms with E-state index in [2.05, 4.69) is 40.1 Å². The zero-order valence-corrected chi connectivity index (χ0v) is 17.7. The first-order chi connectivity index (χ1) is 14.3. The fraction of sp³-hybridized carbons (Fsp3) is 0.619. The average Bonchev–Trinajstić information content (AvgIpc) is 2.66. The molecule has 3 heterocycles. The number of nitrogens with zero attached hydrogens (tertiary/aromatic N) is 4. The van der Waals surface area contributed by atoms with Gasteiger partial charge in [-0.05, 0) is 44.0 Å². The molecule has 0 spiro atoms. The molecule has 1 unspecified atom stereocenters. The number of anilines is 1. The van der Waals surface area contributed by atoms with E-state index in [4.69, 9.17) is 5.11 Å². The van der Waals surface area contributed by atoms with Crippen molar-refractivity contribution in [3.8, 4) is 0 Å². The lowest BCUT2D eigenvalue weighted by atomic mass is 10.0. The Kier molecular flexibility index (Phi) is 7.25. The van der Waals surface area contributed by atoms with E-state index in [0.717, 1.165) is 44.0 Å². The molecule has 3 amide bonds. The molecule has 2 aliphatic heterocycles. The molecule has 30 heavy (non-hydrogen) atoms. The number of carboxylic acids is 1. The van der Waals surface area contributed by atoms with E-state index in [1.165, 1.54) is 0 Å². The van der Waals surface area contributed by atoms with Crippen molar-refractivity contribution in [3.63, 3.8) is 0 Å². The molecule has 2 fully saturated rings. The van der Waals surface area contributed by atoms with Gasteiger partial charge in [-0.2, -0.15) is 0 Å². The molecule has 0 aromatic carbocycles. The highest BCUT2D eigenvalue weighted by atomic mass is 16.4. The topological polar surface area (TPSA) is 106 Å². The van der Waals surface area contributed by atoms with Crippen LogP contribution in [0.25, 0.3) is 0 Å². The summed E-state index contributed by atoms with van der Waals surface area (Å²) in [6.07, 6.45) is 4.17. The maximum absolute atomic E-state index is 11.9. The lowest BCUT2D eigenvalue weighted by molar-refractivity contribution is -0.137. The van der Waals surface area contributed by atoms with Gasteiger partial charge in [-0.25, -0.2) is 9.78 Å². The number of aliphatic carboxylic acids is 1. The SMILES string of the molecule is CC(CCC(=O)O)CCN(C)Cc1ccc(N2CC(N3CCC(=O)NC3=O)C2)nc1. The molecule has 3 rings (SSSR count). The lowest BCUT2D eigenvalue weighted by Crippen LogP contribution is -2.65. The number of rotatable bonds is 10. The highest BCUT2D eigenvalue weighted by Crippen LogP contribution is 2.23. The van der Waals surface area contributed by atoms with Gasteiger partial charge in [0.15, 0.2) is 0 Å². The summed E-state index contributed by atoms with van der Waals surface area (Å²) in [5, 5.41) is 11.1. The summed E-state index contributed by atoms with van der Waals surface area (Å²) in [5.41, 5.74) is 1.13. The number of hydrogen-bond donors (Lipinski definition) is 2. The first kappa shape index (κ1) is 22.0. The zero-order chi connectivity index (χ0) is 21.7. The van der Waals surface area contributed by atoms with Crippen molar-refractivity contribution in [2.75, 3.05) is 38.1 Å². The standard InChI is InChI=1S/C21H31N5O4/c1-15(3-6-20(28)29)7-9-24(2)12-16-4-5-18(22-11-16)25-13-17(14-25)26-10-8-19(27)23-21(26)30/h4-5,11,15,17H,3,6-10,12-14H2,1-2H3,(H,28,29)(H,23,27,30). The van der Waals surface area contributed by atoms with Gasteiger partial charge in [0.2, 0.25) is 5.91 Å². The van der Waals surface area contributed by atoms with Crippen LogP contribution in [0, 0.1) is 5.92 Å². The maximum Gasteiger partial charge on any atom is 0.324 e. The van der Waals surface area contributed by atoms with E-state index in [0.29, 0.717) is 25.3 Å². The van der Waals surface area contributed by atoms with E-state index < -0.39 is 5.97 Å². The van der Waals surface area contributed by atoms with Gasteiger partial charge in [0.25, 0.3) is 0 Å².